The van der Waals surface area contributed by atoms with Gasteiger partial charge in [0.05, 0.1) is 25.0 Å². The Labute approximate surface area is 205 Å². The summed E-state index contributed by atoms with van der Waals surface area (Å²) in [5, 5.41) is 15.2. The Morgan fingerprint density at radius 1 is 1.12 bits per heavy atom. The molecule has 0 spiro atoms. The number of carbonyl (C=O) groups is 2. The number of carbonyl (C=O) groups excluding carboxylic acids is 2. The summed E-state index contributed by atoms with van der Waals surface area (Å²) in [7, 11) is 1.53. The van der Waals surface area contributed by atoms with Gasteiger partial charge in [-0.05, 0) is 30.3 Å². The largest absolute Gasteiger partial charge is 0.495 e. The van der Waals surface area contributed by atoms with Gasteiger partial charge in [-0.25, -0.2) is 0 Å². The second-order valence-electron chi connectivity index (χ2n) is 6.72. The van der Waals surface area contributed by atoms with Crippen LogP contribution < -0.4 is 15.4 Å². The third kappa shape index (κ3) is 6.98. The summed E-state index contributed by atoms with van der Waals surface area (Å²) < 4.78 is 6.99. The number of nitrogens with zero attached hydrogens (tertiary/aromatic N) is 3. The maximum atomic E-state index is 12.6. The Morgan fingerprint density at radius 3 is 2.55 bits per heavy atom. The Kier molecular flexibility index (Phi) is 8.76. The highest BCUT2D eigenvalue weighted by Gasteiger charge is 2.17. The van der Waals surface area contributed by atoms with Gasteiger partial charge in [-0.2, -0.15) is 0 Å². The van der Waals surface area contributed by atoms with Crippen LogP contribution in [0.15, 0.2) is 60.3 Å². The topological polar surface area (TPSA) is 98.1 Å². The molecule has 11 heteroatoms. The number of allylic oxidation sites excluding steroid dienone is 1. The Bertz CT molecular complexity index is 1150. The molecule has 0 unspecified atom stereocenters. The first kappa shape index (κ1) is 24.6. The number of hydrogen-bond donors (Lipinski definition) is 2. The third-order valence-corrected chi connectivity index (χ3v) is 5.69. The van der Waals surface area contributed by atoms with E-state index in [0.717, 1.165) is 0 Å². The molecule has 0 bridgehead atoms. The van der Waals surface area contributed by atoms with Crippen LogP contribution in [0.4, 0.5) is 11.4 Å². The van der Waals surface area contributed by atoms with E-state index in [2.05, 4.69) is 27.4 Å². The average molecular weight is 506 g/mol. The van der Waals surface area contributed by atoms with E-state index in [9.17, 15) is 9.59 Å². The lowest BCUT2D eigenvalue weighted by Crippen LogP contribution is -2.18. The first-order valence-corrected chi connectivity index (χ1v) is 11.5. The number of rotatable bonds is 10. The molecule has 0 fully saturated rings. The average Bonchev–Trinajstić information content (AvgIpc) is 3.13. The number of aromatic nitrogens is 3. The van der Waals surface area contributed by atoms with Crippen LogP contribution in [-0.4, -0.2) is 39.4 Å². The SMILES string of the molecule is C=CCn1c(CC(=O)Nc2ccccc2OC)nnc1SCC(=O)Nc1cc(Cl)cc(Cl)c1. The van der Waals surface area contributed by atoms with E-state index in [1.165, 1.54) is 18.9 Å². The summed E-state index contributed by atoms with van der Waals surface area (Å²) in [5.41, 5.74) is 1.06. The quantitative estimate of drug-likeness (QED) is 0.306. The number of hydrogen-bond acceptors (Lipinski definition) is 6. The lowest BCUT2D eigenvalue weighted by atomic mass is 10.2. The Morgan fingerprint density at radius 2 is 1.85 bits per heavy atom. The fraction of sp³-hybridized carbons (Fsp3) is 0.182. The van der Waals surface area contributed by atoms with Gasteiger partial charge in [-0.1, -0.05) is 53.2 Å². The molecule has 1 aromatic heterocycles. The van der Waals surface area contributed by atoms with Crippen molar-refractivity contribution in [3.05, 3.63) is 71.0 Å². The predicted molar refractivity (Wildman–Crippen MR) is 131 cm³/mol. The van der Waals surface area contributed by atoms with E-state index in [4.69, 9.17) is 27.9 Å². The van der Waals surface area contributed by atoms with Crippen molar-refractivity contribution >= 4 is 58.2 Å². The van der Waals surface area contributed by atoms with Crippen molar-refractivity contribution in [1.29, 1.82) is 0 Å². The standard InChI is InChI=1S/C22H21Cl2N5O3S/c1-3-8-29-19(12-20(30)26-17-6-4-5-7-18(17)32-2)27-28-22(29)33-13-21(31)25-16-10-14(23)9-15(24)11-16/h3-7,9-11H,1,8,12-13H2,2H3,(H,25,31)(H,26,30). The smallest absolute Gasteiger partial charge is 0.234 e. The first-order valence-electron chi connectivity index (χ1n) is 9.74. The summed E-state index contributed by atoms with van der Waals surface area (Å²) >= 11 is 13.1. The minimum Gasteiger partial charge on any atom is -0.495 e. The molecule has 2 N–H and O–H groups in total. The molecule has 0 radical (unpaired) electrons. The van der Waals surface area contributed by atoms with E-state index < -0.39 is 0 Å². The Balaban J connectivity index is 1.64. The Hall–Kier alpha value is -3.01. The minimum atomic E-state index is -0.274. The maximum Gasteiger partial charge on any atom is 0.234 e. The lowest BCUT2D eigenvalue weighted by molar-refractivity contribution is -0.116. The number of para-hydroxylation sites is 2. The molecule has 0 aliphatic heterocycles. The number of amides is 2. The number of halogens is 2. The van der Waals surface area contributed by atoms with E-state index in [0.29, 0.717) is 44.7 Å². The van der Waals surface area contributed by atoms with Gasteiger partial charge in [0.1, 0.15) is 11.6 Å². The summed E-state index contributed by atoms with van der Waals surface area (Å²) in [4.78, 5) is 24.9. The zero-order valence-corrected chi connectivity index (χ0v) is 20.0. The van der Waals surface area contributed by atoms with Crippen LogP contribution in [0.5, 0.6) is 5.75 Å². The minimum absolute atomic E-state index is 0.00728. The molecule has 0 atom stereocenters. The highest BCUT2D eigenvalue weighted by atomic mass is 35.5. The van der Waals surface area contributed by atoms with Crippen molar-refractivity contribution in [2.45, 2.75) is 18.1 Å². The number of methoxy groups -OCH3 is 1. The maximum absolute atomic E-state index is 12.6. The van der Waals surface area contributed by atoms with Crippen LogP contribution >= 0.6 is 35.0 Å². The summed E-state index contributed by atoms with van der Waals surface area (Å²) in [6.07, 6.45) is 1.66. The molecule has 0 saturated carbocycles. The van der Waals surface area contributed by atoms with Crippen molar-refractivity contribution in [3.8, 4) is 5.75 Å². The third-order valence-electron chi connectivity index (χ3n) is 4.28. The van der Waals surface area contributed by atoms with E-state index in [1.54, 1.807) is 47.0 Å². The second-order valence-corrected chi connectivity index (χ2v) is 8.53. The van der Waals surface area contributed by atoms with E-state index >= 15 is 0 Å². The van der Waals surface area contributed by atoms with Crippen LogP contribution in [-0.2, 0) is 22.6 Å². The highest BCUT2D eigenvalue weighted by molar-refractivity contribution is 7.99. The monoisotopic (exact) mass is 505 g/mol. The fourth-order valence-corrected chi connectivity index (χ4v) is 4.20. The molecule has 1 heterocycles. The van der Waals surface area contributed by atoms with Crippen molar-refractivity contribution in [2.75, 3.05) is 23.5 Å². The normalized spacial score (nSPS) is 10.5. The molecule has 0 aliphatic rings. The number of nitrogens with one attached hydrogen (secondary N) is 2. The van der Waals surface area contributed by atoms with Crippen LogP contribution in [0.3, 0.4) is 0 Å². The van der Waals surface area contributed by atoms with Gasteiger partial charge in [-0.3, -0.25) is 9.59 Å². The molecule has 0 aliphatic carbocycles. The fourth-order valence-electron chi connectivity index (χ4n) is 2.91. The highest BCUT2D eigenvalue weighted by Crippen LogP contribution is 2.25. The molecule has 33 heavy (non-hydrogen) atoms. The van der Waals surface area contributed by atoms with Gasteiger partial charge in [0, 0.05) is 22.3 Å². The number of ether oxygens (including phenoxy) is 1. The zero-order chi connectivity index (χ0) is 23.8. The van der Waals surface area contributed by atoms with Crippen LogP contribution in [0.2, 0.25) is 10.0 Å². The van der Waals surface area contributed by atoms with Crippen molar-refractivity contribution < 1.29 is 14.3 Å². The van der Waals surface area contributed by atoms with Gasteiger partial charge >= 0.3 is 0 Å². The molecule has 3 rings (SSSR count). The molecule has 172 valence electrons. The van der Waals surface area contributed by atoms with Gasteiger partial charge in [0.15, 0.2) is 5.16 Å². The number of anilines is 2. The van der Waals surface area contributed by atoms with Crippen LogP contribution in [0, 0.1) is 0 Å². The zero-order valence-electron chi connectivity index (χ0n) is 17.7. The molecular weight excluding hydrogens is 485 g/mol. The van der Waals surface area contributed by atoms with Crippen molar-refractivity contribution in [1.82, 2.24) is 14.8 Å². The van der Waals surface area contributed by atoms with E-state index in [1.807, 2.05) is 6.07 Å². The summed E-state index contributed by atoms with van der Waals surface area (Å²) in [6.45, 7) is 4.13. The molecule has 0 saturated heterocycles. The lowest BCUT2D eigenvalue weighted by Gasteiger charge is -2.11. The predicted octanol–water partition coefficient (Wildman–Crippen LogP) is 4.69. The first-order chi connectivity index (χ1) is 15.9. The van der Waals surface area contributed by atoms with Gasteiger partial charge in [0.25, 0.3) is 0 Å². The van der Waals surface area contributed by atoms with Crippen LogP contribution in [0.1, 0.15) is 5.82 Å². The molecule has 2 aromatic carbocycles. The molecule has 8 nitrogen and oxygen atoms in total. The molecule has 3 aromatic rings. The summed E-state index contributed by atoms with van der Waals surface area (Å²) in [5.74, 6) is 0.548. The van der Waals surface area contributed by atoms with Crippen molar-refractivity contribution in [2.24, 2.45) is 0 Å². The van der Waals surface area contributed by atoms with Gasteiger partial charge in [-0.15, -0.1) is 16.8 Å². The molecule has 2 amide bonds. The summed E-state index contributed by atoms with van der Waals surface area (Å²) in [6, 6.07) is 11.9. The number of benzene rings is 2. The van der Waals surface area contributed by atoms with Crippen molar-refractivity contribution in [3.63, 3.8) is 0 Å². The van der Waals surface area contributed by atoms with Gasteiger partial charge in [0.2, 0.25) is 11.8 Å². The molecular formula is C22H21Cl2N5O3S. The van der Waals surface area contributed by atoms with Crippen LogP contribution in [0.25, 0.3) is 0 Å². The van der Waals surface area contributed by atoms with Gasteiger partial charge < -0.3 is 19.9 Å². The number of thioether (sulfide) groups is 1. The van der Waals surface area contributed by atoms with E-state index in [-0.39, 0.29) is 24.0 Å². The second kappa shape index (κ2) is 11.7.